The number of ether oxygens (including phenoxy) is 1. The minimum Gasteiger partial charge on any atom is -0.489 e. The number of para-hydroxylation sites is 2. The second kappa shape index (κ2) is 5.77. The van der Waals surface area contributed by atoms with Crippen molar-refractivity contribution in [3.8, 4) is 5.75 Å². The lowest BCUT2D eigenvalue weighted by atomic mass is 10.2. The molecule has 0 N–H and O–H groups in total. The molecule has 0 unspecified atom stereocenters. The van der Waals surface area contributed by atoms with Crippen LogP contribution in [0.25, 0.3) is 0 Å². The minimum atomic E-state index is -3.60. The number of hydrogen-bond donors (Lipinski definition) is 0. The van der Waals surface area contributed by atoms with Crippen LogP contribution in [0.5, 0.6) is 5.75 Å². The fourth-order valence-electron chi connectivity index (χ4n) is 2.76. The van der Waals surface area contributed by atoms with Crippen LogP contribution in [0.15, 0.2) is 24.3 Å². The van der Waals surface area contributed by atoms with Gasteiger partial charge in [-0.15, -0.1) is 0 Å². The van der Waals surface area contributed by atoms with Crippen LogP contribution in [0.2, 0.25) is 0 Å². The number of nitrogens with zero attached hydrogens (tertiary/aromatic N) is 3. The SMILES string of the molecule is CC(=O)N1CCN(S(=O)(=O)N2CCOc3ccccc32)CC1. The van der Waals surface area contributed by atoms with Crippen LogP contribution in [0.3, 0.4) is 0 Å². The summed E-state index contributed by atoms with van der Waals surface area (Å²) in [6.45, 7) is 3.64. The first-order valence-electron chi connectivity index (χ1n) is 7.25. The summed E-state index contributed by atoms with van der Waals surface area (Å²) >= 11 is 0. The molecule has 0 radical (unpaired) electrons. The lowest BCUT2D eigenvalue weighted by Crippen LogP contribution is -2.55. The van der Waals surface area contributed by atoms with E-state index < -0.39 is 10.2 Å². The normalized spacial score (nSPS) is 19.5. The third-order valence-corrected chi connectivity index (χ3v) is 5.93. The number of amides is 1. The van der Waals surface area contributed by atoms with Gasteiger partial charge in [-0.1, -0.05) is 12.1 Å². The van der Waals surface area contributed by atoms with E-state index in [1.165, 1.54) is 15.5 Å². The van der Waals surface area contributed by atoms with E-state index in [2.05, 4.69) is 0 Å². The molecule has 2 aliphatic heterocycles. The Labute approximate surface area is 130 Å². The zero-order chi connectivity index (χ0) is 15.7. The van der Waals surface area contributed by atoms with E-state index in [1.807, 2.05) is 6.07 Å². The molecule has 3 rings (SSSR count). The highest BCUT2D eigenvalue weighted by molar-refractivity contribution is 7.90. The molecule has 1 aromatic rings. The minimum absolute atomic E-state index is 0.0197. The molecule has 0 atom stereocenters. The molecule has 1 saturated heterocycles. The van der Waals surface area contributed by atoms with Crippen molar-refractivity contribution < 1.29 is 17.9 Å². The Morgan fingerprint density at radius 3 is 2.45 bits per heavy atom. The molecule has 8 heteroatoms. The van der Waals surface area contributed by atoms with Gasteiger partial charge in [0.25, 0.3) is 0 Å². The quantitative estimate of drug-likeness (QED) is 0.784. The fourth-order valence-corrected chi connectivity index (χ4v) is 4.37. The van der Waals surface area contributed by atoms with Crippen molar-refractivity contribution in [3.63, 3.8) is 0 Å². The second-order valence-electron chi connectivity index (χ2n) is 5.30. The maximum absolute atomic E-state index is 12.9. The highest BCUT2D eigenvalue weighted by Gasteiger charge is 2.35. The molecule has 0 aliphatic carbocycles. The molecule has 0 saturated carbocycles. The van der Waals surface area contributed by atoms with E-state index in [1.54, 1.807) is 23.1 Å². The second-order valence-corrected chi connectivity index (χ2v) is 7.15. The fraction of sp³-hybridized carbons (Fsp3) is 0.500. The van der Waals surface area contributed by atoms with Crippen molar-refractivity contribution in [1.29, 1.82) is 0 Å². The van der Waals surface area contributed by atoms with Crippen LogP contribution in [0, 0.1) is 0 Å². The number of carbonyl (C=O) groups is 1. The molecule has 1 aromatic carbocycles. The number of piperazine rings is 1. The van der Waals surface area contributed by atoms with E-state index in [9.17, 15) is 13.2 Å². The van der Waals surface area contributed by atoms with Gasteiger partial charge in [0.15, 0.2) is 0 Å². The van der Waals surface area contributed by atoms with Gasteiger partial charge in [0.1, 0.15) is 12.4 Å². The Hall–Kier alpha value is -1.80. The van der Waals surface area contributed by atoms with Gasteiger partial charge >= 0.3 is 10.2 Å². The standard InChI is InChI=1S/C14H19N3O4S/c1-12(18)15-6-8-16(9-7-15)22(19,20)17-10-11-21-14-5-3-2-4-13(14)17/h2-5H,6-11H2,1H3. The molecule has 0 bridgehead atoms. The van der Waals surface area contributed by atoms with Gasteiger partial charge in [-0.25, -0.2) is 0 Å². The molecule has 120 valence electrons. The van der Waals surface area contributed by atoms with Gasteiger partial charge < -0.3 is 9.64 Å². The molecule has 0 spiro atoms. The van der Waals surface area contributed by atoms with Crippen LogP contribution in [0.1, 0.15) is 6.92 Å². The monoisotopic (exact) mass is 325 g/mol. The molecular weight excluding hydrogens is 306 g/mol. The van der Waals surface area contributed by atoms with E-state index in [4.69, 9.17) is 4.74 Å². The Morgan fingerprint density at radius 2 is 1.77 bits per heavy atom. The summed E-state index contributed by atoms with van der Waals surface area (Å²) in [6, 6.07) is 7.13. The van der Waals surface area contributed by atoms with Crippen LogP contribution >= 0.6 is 0 Å². The number of benzene rings is 1. The Morgan fingerprint density at radius 1 is 1.09 bits per heavy atom. The molecule has 2 heterocycles. The number of carbonyl (C=O) groups excluding carboxylic acids is 1. The summed E-state index contributed by atoms with van der Waals surface area (Å²) in [6.07, 6.45) is 0. The topological polar surface area (TPSA) is 70.2 Å². The van der Waals surface area contributed by atoms with Crippen LogP contribution in [-0.2, 0) is 15.0 Å². The maximum atomic E-state index is 12.9. The smallest absolute Gasteiger partial charge is 0.304 e. The predicted molar refractivity (Wildman–Crippen MR) is 82.0 cm³/mol. The molecule has 22 heavy (non-hydrogen) atoms. The Balaban J connectivity index is 1.82. The van der Waals surface area contributed by atoms with Crippen LogP contribution < -0.4 is 9.04 Å². The highest BCUT2D eigenvalue weighted by Crippen LogP contribution is 2.33. The van der Waals surface area contributed by atoms with Gasteiger partial charge in [0.05, 0.1) is 12.2 Å². The first kappa shape index (κ1) is 15.1. The molecule has 0 aromatic heterocycles. The molecule has 1 amide bonds. The Bertz CT molecular complexity index is 668. The van der Waals surface area contributed by atoms with Crippen molar-refractivity contribution in [3.05, 3.63) is 24.3 Å². The predicted octanol–water partition coefficient (Wildman–Crippen LogP) is 0.294. The largest absolute Gasteiger partial charge is 0.489 e. The van der Waals surface area contributed by atoms with Gasteiger partial charge in [-0.05, 0) is 12.1 Å². The molecule has 2 aliphatic rings. The third kappa shape index (κ3) is 2.64. The number of hydrogen-bond acceptors (Lipinski definition) is 4. The summed E-state index contributed by atoms with van der Waals surface area (Å²) in [5.41, 5.74) is 0.572. The molecule has 1 fully saturated rings. The van der Waals surface area contributed by atoms with E-state index in [0.717, 1.165) is 0 Å². The first-order valence-corrected chi connectivity index (χ1v) is 8.65. The summed E-state index contributed by atoms with van der Waals surface area (Å²) in [5.74, 6) is 0.563. The maximum Gasteiger partial charge on any atom is 0.304 e. The number of anilines is 1. The van der Waals surface area contributed by atoms with Gasteiger partial charge in [0.2, 0.25) is 5.91 Å². The summed E-state index contributed by atoms with van der Waals surface area (Å²) in [4.78, 5) is 13.0. The average Bonchev–Trinajstić information content (AvgIpc) is 2.54. The van der Waals surface area contributed by atoms with Gasteiger partial charge in [-0.3, -0.25) is 9.10 Å². The van der Waals surface area contributed by atoms with E-state index in [-0.39, 0.29) is 5.91 Å². The third-order valence-electron chi connectivity index (χ3n) is 3.97. The summed E-state index contributed by atoms with van der Waals surface area (Å²) in [7, 11) is -3.60. The lowest BCUT2D eigenvalue weighted by molar-refractivity contribution is -0.129. The van der Waals surface area contributed by atoms with Crippen molar-refractivity contribution in [2.45, 2.75) is 6.92 Å². The average molecular weight is 325 g/mol. The summed E-state index contributed by atoms with van der Waals surface area (Å²) < 4.78 is 34.1. The Kier molecular flexibility index (Phi) is 3.96. The van der Waals surface area contributed by atoms with E-state index >= 15 is 0 Å². The van der Waals surface area contributed by atoms with E-state index in [0.29, 0.717) is 50.8 Å². The van der Waals surface area contributed by atoms with Gasteiger partial charge in [-0.2, -0.15) is 12.7 Å². The first-order chi connectivity index (χ1) is 10.5. The van der Waals surface area contributed by atoms with Crippen molar-refractivity contribution in [2.24, 2.45) is 0 Å². The van der Waals surface area contributed by atoms with Crippen LogP contribution in [-0.4, -0.2) is 62.9 Å². The highest BCUT2D eigenvalue weighted by atomic mass is 32.2. The molecular formula is C14H19N3O4S. The number of rotatable bonds is 2. The van der Waals surface area contributed by atoms with Crippen molar-refractivity contribution in [1.82, 2.24) is 9.21 Å². The lowest BCUT2D eigenvalue weighted by Gasteiger charge is -2.38. The zero-order valence-electron chi connectivity index (χ0n) is 12.4. The number of fused-ring (bicyclic) bond motifs is 1. The zero-order valence-corrected chi connectivity index (χ0v) is 13.3. The van der Waals surface area contributed by atoms with Crippen LogP contribution in [0.4, 0.5) is 5.69 Å². The van der Waals surface area contributed by atoms with Crippen molar-refractivity contribution >= 4 is 21.8 Å². The van der Waals surface area contributed by atoms with Gasteiger partial charge in [0, 0.05) is 33.1 Å². The molecule has 7 nitrogen and oxygen atoms in total. The summed E-state index contributed by atoms with van der Waals surface area (Å²) in [5, 5.41) is 0. The van der Waals surface area contributed by atoms with Crippen molar-refractivity contribution in [2.75, 3.05) is 43.6 Å².